The molecule has 0 saturated heterocycles. The van der Waals surface area contributed by atoms with Crippen LogP contribution in [0.25, 0.3) is 15.2 Å². The van der Waals surface area contributed by atoms with Crippen molar-refractivity contribution in [2.75, 3.05) is 0 Å². The molecular weight excluding hydrogens is 284 g/mol. The second kappa shape index (κ2) is 4.56. The number of fused-ring (bicyclic) bond motifs is 3. The first-order chi connectivity index (χ1) is 10.1. The Morgan fingerprint density at radius 2 is 2.24 bits per heavy atom. The molecule has 0 unspecified atom stereocenters. The number of nitrogens with zero attached hydrogens (tertiary/aromatic N) is 2. The second-order valence-corrected chi connectivity index (χ2v) is 6.82. The van der Waals surface area contributed by atoms with Gasteiger partial charge in [-0.25, -0.2) is 4.98 Å². The van der Waals surface area contributed by atoms with Crippen LogP contribution in [0.15, 0.2) is 24.4 Å². The number of hydrogen-bond donors (Lipinski definition) is 0. The third-order valence-electron chi connectivity index (χ3n) is 3.64. The first kappa shape index (κ1) is 12.8. The van der Waals surface area contributed by atoms with Gasteiger partial charge in [0.2, 0.25) is 0 Å². The molecule has 4 rings (SSSR count). The Labute approximate surface area is 126 Å². The van der Waals surface area contributed by atoms with Crippen molar-refractivity contribution < 1.29 is 9.53 Å². The van der Waals surface area contributed by atoms with E-state index in [1.54, 1.807) is 11.3 Å². The fourth-order valence-electron chi connectivity index (χ4n) is 2.50. The zero-order chi connectivity index (χ0) is 14.6. The van der Waals surface area contributed by atoms with Crippen LogP contribution < -0.4 is 4.74 Å². The monoisotopic (exact) mass is 300 g/mol. The van der Waals surface area contributed by atoms with Crippen LogP contribution in [-0.2, 0) is 0 Å². The Hall–Kier alpha value is -1.88. The Morgan fingerprint density at radius 3 is 2.95 bits per heavy atom. The van der Waals surface area contributed by atoms with Gasteiger partial charge in [-0.15, -0.1) is 0 Å². The van der Waals surface area contributed by atoms with Crippen molar-refractivity contribution in [2.24, 2.45) is 5.92 Å². The van der Waals surface area contributed by atoms with Crippen LogP contribution in [0.4, 0.5) is 0 Å². The highest BCUT2D eigenvalue weighted by molar-refractivity contribution is 7.23. The van der Waals surface area contributed by atoms with E-state index >= 15 is 0 Å². The highest BCUT2D eigenvalue weighted by atomic mass is 32.1. The van der Waals surface area contributed by atoms with E-state index in [0.717, 1.165) is 33.8 Å². The van der Waals surface area contributed by atoms with Gasteiger partial charge < -0.3 is 4.74 Å². The van der Waals surface area contributed by atoms with Gasteiger partial charge in [-0.1, -0.05) is 11.3 Å². The van der Waals surface area contributed by atoms with E-state index in [-0.39, 0.29) is 17.8 Å². The Bertz CT molecular complexity index is 843. The molecule has 108 valence electrons. The van der Waals surface area contributed by atoms with E-state index in [1.165, 1.54) is 0 Å². The second-order valence-electron chi connectivity index (χ2n) is 5.82. The van der Waals surface area contributed by atoms with E-state index in [4.69, 9.17) is 4.74 Å². The van der Waals surface area contributed by atoms with Crippen LogP contribution in [0.3, 0.4) is 0 Å². The van der Waals surface area contributed by atoms with Gasteiger partial charge in [0, 0.05) is 18.2 Å². The average molecular weight is 300 g/mol. The maximum Gasteiger partial charge on any atom is 0.195 e. The lowest BCUT2D eigenvalue weighted by Crippen LogP contribution is -2.05. The van der Waals surface area contributed by atoms with Crippen molar-refractivity contribution in [3.63, 3.8) is 0 Å². The molecule has 0 amide bonds. The maximum atomic E-state index is 12.1. The molecule has 0 N–H and O–H groups in total. The van der Waals surface area contributed by atoms with Crippen molar-refractivity contribution >= 4 is 32.3 Å². The third kappa shape index (κ3) is 2.21. The van der Waals surface area contributed by atoms with Gasteiger partial charge in [0.25, 0.3) is 0 Å². The number of aromatic nitrogens is 2. The summed E-state index contributed by atoms with van der Waals surface area (Å²) in [5.74, 6) is 1.25. The molecule has 1 aliphatic carbocycles. The first-order valence-electron chi connectivity index (χ1n) is 7.24. The molecule has 0 bridgehead atoms. The summed E-state index contributed by atoms with van der Waals surface area (Å²) in [5.41, 5.74) is 1.65. The number of hydrogen-bond acceptors (Lipinski definition) is 4. The summed E-state index contributed by atoms with van der Waals surface area (Å²) in [5, 5.41) is 0. The lowest BCUT2D eigenvalue weighted by molar-refractivity contribution is 0.0963. The van der Waals surface area contributed by atoms with Crippen LogP contribution in [-0.4, -0.2) is 21.3 Å². The van der Waals surface area contributed by atoms with Crippen molar-refractivity contribution in [3.05, 3.63) is 30.1 Å². The predicted molar refractivity (Wildman–Crippen MR) is 83.4 cm³/mol. The van der Waals surface area contributed by atoms with Gasteiger partial charge in [-0.05, 0) is 38.8 Å². The lowest BCUT2D eigenvalue weighted by Gasteiger charge is -2.09. The number of imidazole rings is 1. The SMILES string of the molecule is CC(C)Oc1ccc2sc3nc(C(=O)C4CC4)cn3c2c1. The standard InChI is InChI=1S/C16H16N2O2S/c1-9(2)20-11-5-6-14-13(7-11)18-8-12(17-16(18)21-14)15(19)10-3-4-10/h5-10H,3-4H2,1-2H3. The molecule has 1 aliphatic rings. The molecule has 4 nitrogen and oxygen atoms in total. The van der Waals surface area contributed by atoms with Crippen LogP contribution in [0.1, 0.15) is 37.2 Å². The molecule has 1 fully saturated rings. The molecule has 0 aliphatic heterocycles. The molecule has 2 aromatic heterocycles. The number of rotatable bonds is 4. The fourth-order valence-corrected chi connectivity index (χ4v) is 3.48. The molecule has 21 heavy (non-hydrogen) atoms. The van der Waals surface area contributed by atoms with Crippen molar-refractivity contribution in [1.82, 2.24) is 9.38 Å². The largest absolute Gasteiger partial charge is 0.491 e. The van der Waals surface area contributed by atoms with E-state index in [2.05, 4.69) is 11.1 Å². The Morgan fingerprint density at radius 1 is 1.43 bits per heavy atom. The van der Waals surface area contributed by atoms with Gasteiger partial charge in [-0.3, -0.25) is 9.20 Å². The summed E-state index contributed by atoms with van der Waals surface area (Å²) < 4.78 is 8.90. The molecule has 1 aromatic carbocycles. The minimum absolute atomic E-state index is 0.145. The summed E-state index contributed by atoms with van der Waals surface area (Å²) in [4.78, 5) is 17.5. The van der Waals surface area contributed by atoms with Crippen molar-refractivity contribution in [2.45, 2.75) is 32.8 Å². The van der Waals surface area contributed by atoms with Crippen molar-refractivity contribution in [3.8, 4) is 5.75 Å². The van der Waals surface area contributed by atoms with Crippen molar-refractivity contribution in [1.29, 1.82) is 0 Å². The van der Waals surface area contributed by atoms with E-state index in [0.29, 0.717) is 5.69 Å². The van der Waals surface area contributed by atoms with Crippen LogP contribution in [0.2, 0.25) is 0 Å². The lowest BCUT2D eigenvalue weighted by atomic mass is 10.2. The normalized spacial score (nSPS) is 15.2. The summed E-state index contributed by atoms with van der Waals surface area (Å²) in [6, 6.07) is 6.05. The molecule has 0 radical (unpaired) electrons. The van der Waals surface area contributed by atoms with Gasteiger partial charge in [0.1, 0.15) is 11.4 Å². The highest BCUT2D eigenvalue weighted by Gasteiger charge is 2.32. The molecule has 5 heteroatoms. The quantitative estimate of drug-likeness (QED) is 0.686. The number of carbonyl (C=O) groups is 1. The zero-order valence-corrected chi connectivity index (χ0v) is 12.8. The summed E-state index contributed by atoms with van der Waals surface area (Å²) in [6.45, 7) is 4.02. The van der Waals surface area contributed by atoms with E-state index in [9.17, 15) is 4.79 Å². The molecular formula is C16H16N2O2S. The number of benzene rings is 1. The minimum Gasteiger partial charge on any atom is -0.491 e. The van der Waals surface area contributed by atoms with Gasteiger partial charge >= 0.3 is 0 Å². The van der Waals surface area contributed by atoms with Crippen LogP contribution in [0.5, 0.6) is 5.75 Å². The molecule has 1 saturated carbocycles. The number of ketones is 1. The minimum atomic E-state index is 0.145. The molecule has 0 atom stereocenters. The molecule has 2 heterocycles. The zero-order valence-electron chi connectivity index (χ0n) is 12.0. The number of Topliss-reactive ketones (excluding diaryl/α,β-unsaturated/α-hetero) is 1. The first-order valence-corrected chi connectivity index (χ1v) is 8.06. The van der Waals surface area contributed by atoms with Gasteiger partial charge in [-0.2, -0.15) is 0 Å². The van der Waals surface area contributed by atoms with E-state index < -0.39 is 0 Å². The molecule has 0 spiro atoms. The molecule has 3 aromatic rings. The number of thiazole rings is 1. The fraction of sp³-hybridized carbons (Fsp3) is 0.375. The summed E-state index contributed by atoms with van der Waals surface area (Å²) in [6.07, 6.45) is 4.04. The van der Waals surface area contributed by atoms with Gasteiger partial charge in [0.05, 0.1) is 16.3 Å². The topological polar surface area (TPSA) is 43.6 Å². The average Bonchev–Trinajstić information content (AvgIpc) is 3.11. The van der Waals surface area contributed by atoms with E-state index in [1.807, 2.05) is 36.6 Å². The summed E-state index contributed by atoms with van der Waals surface area (Å²) >= 11 is 1.60. The predicted octanol–water partition coefficient (Wildman–Crippen LogP) is 3.93. The smallest absolute Gasteiger partial charge is 0.195 e. The highest BCUT2D eigenvalue weighted by Crippen LogP contribution is 2.34. The van der Waals surface area contributed by atoms with Gasteiger partial charge in [0.15, 0.2) is 10.7 Å². The van der Waals surface area contributed by atoms with Crippen LogP contribution in [0, 0.1) is 5.92 Å². The third-order valence-corrected chi connectivity index (χ3v) is 4.67. The Kier molecular flexibility index (Phi) is 2.79. The summed E-state index contributed by atoms with van der Waals surface area (Å²) in [7, 11) is 0. The maximum absolute atomic E-state index is 12.1. The number of ether oxygens (including phenoxy) is 1. The van der Waals surface area contributed by atoms with Crippen LogP contribution >= 0.6 is 11.3 Å². The Balaban J connectivity index is 1.81. The number of carbonyl (C=O) groups excluding carboxylic acids is 1.